The number of rotatable bonds is 3. The van der Waals surface area contributed by atoms with Gasteiger partial charge in [-0.05, 0) is 35.2 Å². The van der Waals surface area contributed by atoms with Crippen LogP contribution in [0.4, 0.5) is 0 Å². The molecule has 0 amide bonds. The minimum absolute atomic E-state index is 0.201. The van der Waals surface area contributed by atoms with Crippen molar-refractivity contribution in [3.8, 4) is 0 Å². The normalized spacial score (nSPS) is 12.4. The van der Waals surface area contributed by atoms with Gasteiger partial charge in [-0.2, -0.15) is 0 Å². The number of hydrogen-bond acceptors (Lipinski definition) is 0. The van der Waals surface area contributed by atoms with Crippen molar-refractivity contribution in [2.45, 2.75) is 18.2 Å². The minimum atomic E-state index is 0.201. The lowest BCUT2D eigenvalue weighted by Crippen LogP contribution is -1.93. The first-order chi connectivity index (χ1) is 8.20. The summed E-state index contributed by atoms with van der Waals surface area (Å²) in [5.74, 6) is 0. The summed E-state index contributed by atoms with van der Waals surface area (Å²) in [4.78, 5) is 0.201. The Bertz CT molecular complexity index is 491. The molecule has 1 atom stereocenters. The second-order valence-electron chi connectivity index (χ2n) is 4.01. The predicted octanol–water partition coefficient (Wildman–Crippen LogP) is 5.39. The summed E-state index contributed by atoms with van der Waals surface area (Å²) in [6.45, 7) is 2.16. The van der Waals surface area contributed by atoms with Gasteiger partial charge in [0.2, 0.25) is 0 Å². The summed E-state index contributed by atoms with van der Waals surface area (Å²) >= 11 is 9.72. The maximum absolute atomic E-state index is 6.00. The Morgan fingerprint density at radius 3 is 2.35 bits per heavy atom. The molecule has 0 fully saturated rings. The highest BCUT2D eigenvalue weighted by molar-refractivity contribution is 9.09. The van der Waals surface area contributed by atoms with E-state index in [2.05, 4.69) is 53.2 Å². The zero-order valence-electron chi connectivity index (χ0n) is 9.66. The summed E-state index contributed by atoms with van der Waals surface area (Å²) < 4.78 is 0. The molecule has 0 aromatic heterocycles. The molecule has 2 aromatic carbocycles. The molecule has 2 rings (SSSR count). The Kier molecular flexibility index (Phi) is 4.25. The van der Waals surface area contributed by atoms with Crippen molar-refractivity contribution in [3.05, 3.63) is 70.2 Å². The van der Waals surface area contributed by atoms with Crippen LogP contribution in [0.3, 0.4) is 0 Å². The van der Waals surface area contributed by atoms with Crippen LogP contribution in [0.5, 0.6) is 0 Å². The van der Waals surface area contributed by atoms with Gasteiger partial charge < -0.3 is 0 Å². The molecule has 0 nitrogen and oxygen atoms in total. The summed E-state index contributed by atoms with van der Waals surface area (Å²) in [7, 11) is 0. The lowest BCUT2D eigenvalue weighted by Gasteiger charge is -2.11. The molecule has 0 spiro atoms. The van der Waals surface area contributed by atoms with Crippen LogP contribution in [-0.4, -0.2) is 0 Å². The van der Waals surface area contributed by atoms with Gasteiger partial charge in [0.15, 0.2) is 0 Å². The molecule has 17 heavy (non-hydrogen) atoms. The van der Waals surface area contributed by atoms with Crippen LogP contribution in [0.1, 0.15) is 28.4 Å². The van der Waals surface area contributed by atoms with E-state index >= 15 is 0 Å². The minimum Gasteiger partial charge on any atom is -0.0843 e. The average Bonchev–Trinajstić information content (AvgIpc) is 2.38. The van der Waals surface area contributed by atoms with E-state index in [0.717, 1.165) is 11.4 Å². The third kappa shape index (κ3) is 3.11. The Hall–Kier alpha value is -0.790. The lowest BCUT2D eigenvalue weighted by molar-refractivity contribution is 1.11. The number of alkyl halides is 1. The molecule has 2 aromatic rings. The highest BCUT2D eigenvalue weighted by Crippen LogP contribution is 2.32. The Morgan fingerprint density at radius 2 is 1.76 bits per heavy atom. The molecule has 0 heterocycles. The van der Waals surface area contributed by atoms with Gasteiger partial charge in [0.05, 0.1) is 4.83 Å². The average molecular weight is 310 g/mol. The zero-order valence-corrected chi connectivity index (χ0v) is 12.0. The van der Waals surface area contributed by atoms with Crippen LogP contribution in [-0.2, 0) is 6.42 Å². The number of hydrogen-bond donors (Lipinski definition) is 0. The fourth-order valence-electron chi connectivity index (χ4n) is 1.78. The molecule has 0 aliphatic heterocycles. The largest absolute Gasteiger partial charge is 0.0843 e. The Morgan fingerprint density at radius 1 is 1.06 bits per heavy atom. The van der Waals surface area contributed by atoms with Gasteiger partial charge in [-0.25, -0.2) is 0 Å². The fourth-order valence-corrected chi connectivity index (χ4v) is 2.57. The van der Waals surface area contributed by atoms with Gasteiger partial charge in [-0.15, -0.1) is 0 Å². The van der Waals surface area contributed by atoms with Crippen molar-refractivity contribution in [2.24, 2.45) is 0 Å². The molecule has 0 saturated heterocycles. The molecule has 0 aliphatic rings. The molecule has 1 unspecified atom stereocenters. The summed E-state index contributed by atoms with van der Waals surface area (Å²) in [5.41, 5.74) is 3.80. The first-order valence-electron chi connectivity index (χ1n) is 5.69. The van der Waals surface area contributed by atoms with Crippen molar-refractivity contribution in [1.82, 2.24) is 0 Å². The maximum Gasteiger partial charge on any atom is 0.0645 e. The van der Waals surface area contributed by atoms with Crippen LogP contribution in [0.2, 0.25) is 5.02 Å². The van der Waals surface area contributed by atoms with Crippen LogP contribution >= 0.6 is 27.5 Å². The second kappa shape index (κ2) is 5.70. The van der Waals surface area contributed by atoms with Gasteiger partial charge in [0.25, 0.3) is 0 Å². The molecule has 0 aliphatic carbocycles. The topological polar surface area (TPSA) is 0 Å². The lowest BCUT2D eigenvalue weighted by atomic mass is 10.0. The maximum atomic E-state index is 6.00. The number of halogens is 2. The molecule has 2 heteroatoms. The van der Waals surface area contributed by atoms with Crippen LogP contribution in [0.25, 0.3) is 0 Å². The number of aryl methyl sites for hydroxylation is 1. The summed E-state index contributed by atoms with van der Waals surface area (Å²) in [6.07, 6.45) is 1.07. The second-order valence-corrected chi connectivity index (χ2v) is 5.36. The van der Waals surface area contributed by atoms with E-state index in [1.807, 2.05) is 18.2 Å². The summed E-state index contributed by atoms with van der Waals surface area (Å²) in [6, 6.07) is 16.6. The van der Waals surface area contributed by atoms with Crippen molar-refractivity contribution in [1.29, 1.82) is 0 Å². The van der Waals surface area contributed by atoms with Crippen molar-refractivity contribution in [3.63, 3.8) is 0 Å². The molecular formula is C15H14BrCl. The molecule has 0 saturated carbocycles. The first-order valence-corrected chi connectivity index (χ1v) is 6.98. The van der Waals surface area contributed by atoms with Crippen molar-refractivity contribution in [2.75, 3.05) is 0 Å². The zero-order chi connectivity index (χ0) is 12.3. The summed E-state index contributed by atoms with van der Waals surface area (Å²) in [5, 5.41) is 0.775. The monoisotopic (exact) mass is 308 g/mol. The Labute approximate surface area is 116 Å². The highest BCUT2D eigenvalue weighted by Gasteiger charge is 2.10. The SMILES string of the molecule is CCc1ccc(C(Br)c2cccc(Cl)c2)cc1. The third-order valence-electron chi connectivity index (χ3n) is 2.82. The van der Waals surface area contributed by atoms with Gasteiger partial charge in [0, 0.05) is 5.02 Å². The molecule has 0 radical (unpaired) electrons. The van der Waals surface area contributed by atoms with E-state index in [4.69, 9.17) is 11.6 Å². The van der Waals surface area contributed by atoms with E-state index in [1.165, 1.54) is 16.7 Å². The number of benzene rings is 2. The standard InChI is InChI=1S/C15H14BrCl/c1-2-11-6-8-12(9-7-11)15(16)13-4-3-5-14(17)10-13/h3-10,15H,2H2,1H3. The molecular weight excluding hydrogens is 296 g/mol. The van der Waals surface area contributed by atoms with Crippen molar-refractivity contribution < 1.29 is 0 Å². The van der Waals surface area contributed by atoms with Crippen LogP contribution < -0.4 is 0 Å². The molecule has 88 valence electrons. The Balaban J connectivity index is 2.27. The van der Waals surface area contributed by atoms with E-state index in [-0.39, 0.29) is 4.83 Å². The van der Waals surface area contributed by atoms with E-state index in [1.54, 1.807) is 0 Å². The molecule has 0 bridgehead atoms. The fraction of sp³-hybridized carbons (Fsp3) is 0.200. The quantitative estimate of drug-likeness (QED) is 0.667. The van der Waals surface area contributed by atoms with Crippen LogP contribution in [0.15, 0.2) is 48.5 Å². The van der Waals surface area contributed by atoms with Gasteiger partial charge in [-0.1, -0.05) is 70.9 Å². The van der Waals surface area contributed by atoms with Gasteiger partial charge in [0.1, 0.15) is 0 Å². The van der Waals surface area contributed by atoms with Gasteiger partial charge >= 0.3 is 0 Å². The smallest absolute Gasteiger partial charge is 0.0645 e. The van der Waals surface area contributed by atoms with Crippen LogP contribution in [0, 0.1) is 0 Å². The molecule has 0 N–H and O–H groups in total. The van der Waals surface area contributed by atoms with Crippen molar-refractivity contribution >= 4 is 27.5 Å². The highest BCUT2D eigenvalue weighted by atomic mass is 79.9. The van der Waals surface area contributed by atoms with E-state index in [0.29, 0.717) is 0 Å². The van der Waals surface area contributed by atoms with Gasteiger partial charge in [-0.3, -0.25) is 0 Å². The third-order valence-corrected chi connectivity index (χ3v) is 4.11. The first kappa shape index (κ1) is 12.7. The predicted molar refractivity (Wildman–Crippen MR) is 78.0 cm³/mol. The van der Waals surface area contributed by atoms with E-state index < -0.39 is 0 Å². The van der Waals surface area contributed by atoms with E-state index in [9.17, 15) is 0 Å².